The van der Waals surface area contributed by atoms with Gasteiger partial charge in [0.05, 0.1) is 10.5 Å². The highest BCUT2D eigenvalue weighted by atomic mass is 16.6. The summed E-state index contributed by atoms with van der Waals surface area (Å²) in [5.41, 5.74) is -0.0845. The molecular formula is C16H19N3O6. The van der Waals surface area contributed by atoms with Crippen LogP contribution in [0.1, 0.15) is 42.5 Å². The van der Waals surface area contributed by atoms with Crippen molar-refractivity contribution in [3.63, 3.8) is 0 Å². The van der Waals surface area contributed by atoms with Crippen LogP contribution in [0.5, 0.6) is 0 Å². The smallest absolute Gasteiger partial charge is 0.338 e. The molecule has 9 heteroatoms. The Labute approximate surface area is 143 Å². The molecule has 1 aromatic carbocycles. The summed E-state index contributed by atoms with van der Waals surface area (Å²) in [7, 11) is 0. The van der Waals surface area contributed by atoms with Crippen LogP contribution in [-0.2, 0) is 9.53 Å². The molecule has 3 amide bonds. The summed E-state index contributed by atoms with van der Waals surface area (Å²) in [6, 6.07) is 4.23. The highest BCUT2D eigenvalue weighted by molar-refractivity contribution is 5.97. The van der Waals surface area contributed by atoms with Crippen LogP contribution >= 0.6 is 0 Å². The summed E-state index contributed by atoms with van der Waals surface area (Å²) in [6.45, 7) is -0.617. The second-order valence-electron chi connectivity index (χ2n) is 5.74. The number of amides is 3. The van der Waals surface area contributed by atoms with E-state index in [4.69, 9.17) is 4.74 Å². The average Bonchev–Trinajstić information content (AvgIpc) is 2.60. The Balaban J connectivity index is 1.73. The molecule has 0 aliphatic heterocycles. The number of benzene rings is 1. The van der Waals surface area contributed by atoms with E-state index in [-0.39, 0.29) is 17.3 Å². The quantitative estimate of drug-likeness (QED) is 0.475. The number of non-ortho nitro benzene ring substituents is 1. The summed E-state index contributed by atoms with van der Waals surface area (Å²) in [5.74, 6) is -1.55. The maximum atomic E-state index is 11.8. The second-order valence-corrected chi connectivity index (χ2v) is 5.74. The normalized spacial score (nSPS) is 14.4. The number of nitrogens with zero attached hydrogens (tertiary/aromatic N) is 1. The van der Waals surface area contributed by atoms with Gasteiger partial charge in [-0.3, -0.25) is 20.2 Å². The van der Waals surface area contributed by atoms with Gasteiger partial charge in [0.15, 0.2) is 6.61 Å². The standard InChI is InChI=1S/C16H19N3O6/c20-14(18-16(22)17-12-4-2-1-3-5-12)10-25-15(21)11-6-8-13(9-7-11)19(23)24/h6-9,12H,1-5,10H2,(H2,17,18,20,22). The zero-order valence-electron chi connectivity index (χ0n) is 13.5. The molecule has 2 N–H and O–H groups in total. The number of imide groups is 1. The molecule has 1 saturated carbocycles. The first-order valence-corrected chi connectivity index (χ1v) is 7.97. The minimum Gasteiger partial charge on any atom is -0.452 e. The molecule has 0 saturated heterocycles. The van der Waals surface area contributed by atoms with Crippen LogP contribution in [0.2, 0.25) is 0 Å². The third kappa shape index (κ3) is 5.87. The van der Waals surface area contributed by atoms with Crippen molar-refractivity contribution in [1.29, 1.82) is 0 Å². The van der Waals surface area contributed by atoms with Crippen LogP contribution in [0.4, 0.5) is 10.5 Å². The van der Waals surface area contributed by atoms with Gasteiger partial charge in [0.25, 0.3) is 11.6 Å². The van der Waals surface area contributed by atoms with Gasteiger partial charge >= 0.3 is 12.0 Å². The number of urea groups is 1. The molecule has 0 radical (unpaired) electrons. The first-order valence-electron chi connectivity index (χ1n) is 7.97. The molecular weight excluding hydrogens is 330 g/mol. The van der Waals surface area contributed by atoms with Gasteiger partial charge in [0.2, 0.25) is 0 Å². The Morgan fingerprint density at radius 2 is 1.76 bits per heavy atom. The SMILES string of the molecule is O=C(COC(=O)c1ccc([N+](=O)[O-])cc1)NC(=O)NC1CCCCC1. The van der Waals surface area contributed by atoms with Gasteiger partial charge in [-0.05, 0) is 25.0 Å². The Bertz CT molecular complexity index is 652. The van der Waals surface area contributed by atoms with Crippen LogP contribution in [0.25, 0.3) is 0 Å². The number of rotatable bonds is 5. The van der Waals surface area contributed by atoms with Crippen molar-refractivity contribution in [2.45, 2.75) is 38.1 Å². The molecule has 9 nitrogen and oxygen atoms in total. The summed E-state index contributed by atoms with van der Waals surface area (Å²) in [4.78, 5) is 45.0. The van der Waals surface area contributed by atoms with Gasteiger partial charge in [-0.2, -0.15) is 0 Å². The predicted molar refractivity (Wildman–Crippen MR) is 86.9 cm³/mol. The Morgan fingerprint density at radius 1 is 1.12 bits per heavy atom. The van der Waals surface area contributed by atoms with E-state index in [0.717, 1.165) is 44.2 Å². The van der Waals surface area contributed by atoms with E-state index in [1.165, 1.54) is 12.1 Å². The lowest BCUT2D eigenvalue weighted by Crippen LogP contribution is -2.46. The molecule has 0 bridgehead atoms. The van der Waals surface area contributed by atoms with Crippen molar-refractivity contribution >= 4 is 23.6 Å². The fourth-order valence-electron chi connectivity index (χ4n) is 2.56. The van der Waals surface area contributed by atoms with Crippen molar-refractivity contribution < 1.29 is 24.0 Å². The molecule has 1 aliphatic rings. The topological polar surface area (TPSA) is 128 Å². The highest BCUT2D eigenvalue weighted by Gasteiger charge is 2.18. The minimum absolute atomic E-state index is 0.0595. The lowest BCUT2D eigenvalue weighted by Gasteiger charge is -2.22. The van der Waals surface area contributed by atoms with Crippen LogP contribution in [0, 0.1) is 10.1 Å². The van der Waals surface area contributed by atoms with Gasteiger partial charge < -0.3 is 10.1 Å². The van der Waals surface area contributed by atoms with Crippen molar-refractivity contribution in [3.8, 4) is 0 Å². The summed E-state index contributed by atoms with van der Waals surface area (Å²) in [6.07, 6.45) is 5.02. The van der Waals surface area contributed by atoms with Gasteiger partial charge in [0.1, 0.15) is 0 Å². The molecule has 1 aromatic rings. The molecule has 0 aromatic heterocycles. The number of esters is 1. The van der Waals surface area contributed by atoms with E-state index in [0.29, 0.717) is 0 Å². The molecule has 1 fully saturated rings. The number of carbonyl (C=O) groups is 3. The number of carbonyl (C=O) groups excluding carboxylic acids is 3. The monoisotopic (exact) mass is 349 g/mol. The maximum absolute atomic E-state index is 11.8. The molecule has 25 heavy (non-hydrogen) atoms. The maximum Gasteiger partial charge on any atom is 0.338 e. The Morgan fingerprint density at radius 3 is 2.36 bits per heavy atom. The fraction of sp³-hybridized carbons (Fsp3) is 0.438. The summed E-state index contributed by atoms with van der Waals surface area (Å²) in [5, 5.41) is 15.4. The van der Waals surface area contributed by atoms with Crippen LogP contribution in [0.15, 0.2) is 24.3 Å². The van der Waals surface area contributed by atoms with E-state index in [1.807, 2.05) is 0 Å². The number of nitro benzene ring substituents is 1. The third-order valence-corrected chi connectivity index (χ3v) is 3.84. The van der Waals surface area contributed by atoms with Crippen molar-refractivity contribution in [2.75, 3.05) is 6.61 Å². The largest absolute Gasteiger partial charge is 0.452 e. The average molecular weight is 349 g/mol. The molecule has 134 valence electrons. The molecule has 0 unspecified atom stereocenters. The highest BCUT2D eigenvalue weighted by Crippen LogP contribution is 2.17. The van der Waals surface area contributed by atoms with E-state index in [9.17, 15) is 24.5 Å². The van der Waals surface area contributed by atoms with E-state index in [2.05, 4.69) is 10.6 Å². The van der Waals surface area contributed by atoms with Crippen LogP contribution < -0.4 is 10.6 Å². The van der Waals surface area contributed by atoms with E-state index in [1.54, 1.807) is 0 Å². The second kappa shape index (κ2) is 8.76. The third-order valence-electron chi connectivity index (χ3n) is 3.84. The minimum atomic E-state index is -0.808. The number of nitro groups is 1. The Kier molecular flexibility index (Phi) is 6.44. The van der Waals surface area contributed by atoms with Gasteiger partial charge in [0, 0.05) is 18.2 Å². The summed E-state index contributed by atoms with van der Waals surface area (Å²) >= 11 is 0. The van der Waals surface area contributed by atoms with Crippen LogP contribution in [-0.4, -0.2) is 35.5 Å². The first-order chi connectivity index (χ1) is 12.0. The lowest BCUT2D eigenvalue weighted by molar-refractivity contribution is -0.384. The van der Waals surface area contributed by atoms with Crippen LogP contribution in [0.3, 0.4) is 0 Å². The van der Waals surface area contributed by atoms with Gasteiger partial charge in [-0.1, -0.05) is 19.3 Å². The van der Waals surface area contributed by atoms with Gasteiger partial charge in [-0.25, -0.2) is 9.59 Å². The van der Waals surface area contributed by atoms with Gasteiger partial charge in [-0.15, -0.1) is 0 Å². The fourth-order valence-corrected chi connectivity index (χ4v) is 2.56. The predicted octanol–water partition coefficient (Wildman–Crippen LogP) is 1.91. The zero-order chi connectivity index (χ0) is 18.2. The summed E-state index contributed by atoms with van der Waals surface area (Å²) < 4.78 is 4.78. The zero-order valence-corrected chi connectivity index (χ0v) is 13.5. The van der Waals surface area contributed by atoms with E-state index < -0.39 is 29.4 Å². The van der Waals surface area contributed by atoms with E-state index >= 15 is 0 Å². The number of hydrogen-bond acceptors (Lipinski definition) is 6. The van der Waals surface area contributed by atoms with Crippen molar-refractivity contribution in [2.24, 2.45) is 0 Å². The molecule has 0 heterocycles. The number of hydrogen-bond donors (Lipinski definition) is 2. The Hall–Kier alpha value is -2.97. The molecule has 1 aliphatic carbocycles. The lowest BCUT2D eigenvalue weighted by atomic mass is 9.96. The van der Waals surface area contributed by atoms with Crippen molar-refractivity contribution in [3.05, 3.63) is 39.9 Å². The molecule has 2 rings (SSSR count). The number of ether oxygens (including phenoxy) is 1. The molecule has 0 atom stereocenters. The first kappa shape index (κ1) is 18.4. The number of nitrogens with one attached hydrogen (secondary N) is 2. The van der Waals surface area contributed by atoms with Crippen molar-refractivity contribution in [1.82, 2.24) is 10.6 Å². The molecule has 0 spiro atoms.